The van der Waals surface area contributed by atoms with Crippen LogP contribution in [0.3, 0.4) is 0 Å². The summed E-state index contributed by atoms with van der Waals surface area (Å²) in [4.78, 5) is 12.1. The van der Waals surface area contributed by atoms with Crippen LogP contribution >= 0.6 is 0 Å². The van der Waals surface area contributed by atoms with Crippen LogP contribution in [0.2, 0.25) is 0 Å². The molecule has 0 fully saturated rings. The molecule has 26 heavy (non-hydrogen) atoms. The van der Waals surface area contributed by atoms with Crippen LogP contribution in [-0.2, 0) is 11.0 Å². The number of carbonyl (C=O) groups is 1. The molecular weight excluding hydrogens is 347 g/mol. The first-order valence-electron chi connectivity index (χ1n) is 7.36. The highest BCUT2D eigenvalue weighted by molar-refractivity contribution is 6.07. The van der Waals surface area contributed by atoms with E-state index < -0.39 is 17.6 Å². The number of halogens is 3. The second kappa shape index (κ2) is 7.61. The van der Waals surface area contributed by atoms with Crippen LogP contribution in [0, 0.1) is 18.3 Å². The maximum atomic E-state index is 12.5. The number of aromatic hydroxyl groups is 1. The number of nitrogens with one attached hydrogen (secondary N) is 2. The van der Waals surface area contributed by atoms with Gasteiger partial charge in [-0.05, 0) is 55.0 Å². The maximum Gasteiger partial charge on any atom is 0.416 e. The van der Waals surface area contributed by atoms with Crippen molar-refractivity contribution < 1.29 is 23.1 Å². The van der Waals surface area contributed by atoms with E-state index in [1.165, 1.54) is 30.3 Å². The molecule has 8 heteroatoms. The number of aryl methyl sites for hydroxylation is 1. The lowest BCUT2D eigenvalue weighted by atomic mass is 10.1. The van der Waals surface area contributed by atoms with E-state index in [0.717, 1.165) is 18.3 Å². The van der Waals surface area contributed by atoms with E-state index in [1.807, 2.05) is 0 Å². The number of hydrogen-bond donors (Lipinski definition) is 3. The van der Waals surface area contributed by atoms with Gasteiger partial charge in [0.2, 0.25) is 0 Å². The van der Waals surface area contributed by atoms with Crippen molar-refractivity contribution in [3.05, 3.63) is 65.4 Å². The van der Waals surface area contributed by atoms with Crippen LogP contribution in [0.5, 0.6) is 5.75 Å². The lowest BCUT2D eigenvalue weighted by molar-refractivity contribution is -0.137. The van der Waals surface area contributed by atoms with Gasteiger partial charge in [0.15, 0.2) is 0 Å². The summed E-state index contributed by atoms with van der Waals surface area (Å²) in [5, 5.41) is 23.6. The largest absolute Gasteiger partial charge is 0.508 e. The first-order valence-corrected chi connectivity index (χ1v) is 7.36. The monoisotopic (exact) mass is 361 g/mol. The minimum atomic E-state index is -4.44. The van der Waals surface area contributed by atoms with E-state index in [9.17, 15) is 23.1 Å². The summed E-state index contributed by atoms with van der Waals surface area (Å²) in [6.45, 7) is 1.67. The summed E-state index contributed by atoms with van der Waals surface area (Å²) in [5.41, 5.74) is 0.250. The van der Waals surface area contributed by atoms with E-state index >= 15 is 0 Å². The highest BCUT2D eigenvalue weighted by atomic mass is 19.4. The fourth-order valence-corrected chi connectivity index (χ4v) is 2.04. The fourth-order valence-electron chi connectivity index (χ4n) is 2.04. The van der Waals surface area contributed by atoms with Crippen LogP contribution in [0.1, 0.15) is 11.1 Å². The van der Waals surface area contributed by atoms with Crippen molar-refractivity contribution in [2.75, 3.05) is 10.6 Å². The number of phenolic OH excluding ortho intramolecular Hbond substituents is 1. The number of amides is 1. The van der Waals surface area contributed by atoms with Gasteiger partial charge < -0.3 is 15.7 Å². The Morgan fingerprint density at radius 3 is 2.38 bits per heavy atom. The number of carbonyl (C=O) groups excluding carboxylic acids is 1. The third-order valence-corrected chi connectivity index (χ3v) is 3.42. The zero-order chi connectivity index (χ0) is 19.3. The molecule has 0 aromatic heterocycles. The lowest BCUT2D eigenvalue weighted by Crippen LogP contribution is -2.15. The molecule has 1 amide bonds. The van der Waals surface area contributed by atoms with Crippen molar-refractivity contribution in [3.8, 4) is 11.8 Å². The number of nitriles is 1. The second-order valence-electron chi connectivity index (χ2n) is 5.34. The average molecular weight is 361 g/mol. The van der Waals surface area contributed by atoms with Gasteiger partial charge in [-0.3, -0.25) is 4.79 Å². The lowest BCUT2D eigenvalue weighted by Gasteiger charge is -2.09. The molecule has 3 N–H and O–H groups in total. The Bertz CT molecular complexity index is 882. The molecule has 0 saturated carbocycles. The molecule has 2 rings (SSSR count). The minimum Gasteiger partial charge on any atom is -0.508 e. The normalized spacial score (nSPS) is 11.6. The Labute approximate surface area is 147 Å². The molecule has 2 aromatic carbocycles. The molecule has 0 atom stereocenters. The summed E-state index contributed by atoms with van der Waals surface area (Å²) in [6, 6.07) is 10.2. The standard InChI is InChI=1S/C18H14F3N3O2/c1-11-8-15(25)6-7-16(11)24-17(26)12(9-22)10-23-14-4-2-13(3-5-14)18(19,20)21/h2-8,10,23,25H,1H3,(H,24,26)/b12-10-. The van der Waals surface area contributed by atoms with Gasteiger partial charge >= 0.3 is 6.18 Å². The molecule has 0 aliphatic carbocycles. The van der Waals surface area contributed by atoms with Gasteiger partial charge in [0.25, 0.3) is 5.91 Å². The van der Waals surface area contributed by atoms with Gasteiger partial charge in [0, 0.05) is 17.6 Å². The number of nitrogens with zero attached hydrogens (tertiary/aromatic N) is 1. The van der Waals surface area contributed by atoms with E-state index in [1.54, 1.807) is 13.0 Å². The molecule has 0 heterocycles. The molecule has 0 unspecified atom stereocenters. The Kier molecular flexibility index (Phi) is 5.52. The van der Waals surface area contributed by atoms with Crippen LogP contribution < -0.4 is 10.6 Å². The fraction of sp³-hybridized carbons (Fsp3) is 0.111. The summed E-state index contributed by atoms with van der Waals surface area (Å²) >= 11 is 0. The molecule has 5 nitrogen and oxygen atoms in total. The maximum absolute atomic E-state index is 12.5. The van der Waals surface area contributed by atoms with Gasteiger partial charge in [-0.25, -0.2) is 0 Å². The highest BCUT2D eigenvalue weighted by Gasteiger charge is 2.29. The number of phenols is 1. The van der Waals surface area contributed by atoms with Crippen molar-refractivity contribution in [2.45, 2.75) is 13.1 Å². The Balaban J connectivity index is 2.09. The van der Waals surface area contributed by atoms with Crippen LogP contribution in [0.4, 0.5) is 24.5 Å². The highest BCUT2D eigenvalue weighted by Crippen LogP contribution is 2.29. The molecule has 0 saturated heterocycles. The molecule has 0 bridgehead atoms. The van der Waals surface area contributed by atoms with Gasteiger partial charge in [0.1, 0.15) is 17.4 Å². The number of hydrogen-bond acceptors (Lipinski definition) is 4. The molecule has 134 valence electrons. The SMILES string of the molecule is Cc1cc(O)ccc1NC(=O)/C(C#N)=C\Nc1ccc(C(F)(F)F)cc1. The molecule has 0 spiro atoms. The topological polar surface area (TPSA) is 85.2 Å². The van der Waals surface area contributed by atoms with Gasteiger partial charge in [-0.1, -0.05) is 0 Å². The third kappa shape index (κ3) is 4.77. The van der Waals surface area contributed by atoms with E-state index in [4.69, 9.17) is 5.26 Å². The minimum absolute atomic E-state index is 0.0421. The summed E-state index contributed by atoms with van der Waals surface area (Å²) in [6.07, 6.45) is -3.33. The van der Waals surface area contributed by atoms with Crippen molar-refractivity contribution in [1.29, 1.82) is 5.26 Å². The Morgan fingerprint density at radius 1 is 1.19 bits per heavy atom. The number of benzene rings is 2. The summed E-state index contributed by atoms with van der Waals surface area (Å²) < 4.78 is 37.5. The van der Waals surface area contributed by atoms with Crippen LogP contribution in [-0.4, -0.2) is 11.0 Å². The van der Waals surface area contributed by atoms with Crippen LogP contribution in [0.25, 0.3) is 0 Å². The summed E-state index contributed by atoms with van der Waals surface area (Å²) in [5.74, 6) is -0.652. The quantitative estimate of drug-likeness (QED) is 0.433. The van der Waals surface area contributed by atoms with Crippen molar-refractivity contribution in [1.82, 2.24) is 0 Å². The number of rotatable bonds is 4. The Hall–Kier alpha value is -3.47. The van der Waals surface area contributed by atoms with Crippen molar-refractivity contribution in [3.63, 3.8) is 0 Å². The zero-order valence-electron chi connectivity index (χ0n) is 13.6. The molecular formula is C18H14F3N3O2. The molecule has 0 aliphatic heterocycles. The number of anilines is 2. The smallest absolute Gasteiger partial charge is 0.416 e. The van der Waals surface area contributed by atoms with Gasteiger partial charge in [0.05, 0.1) is 5.56 Å². The average Bonchev–Trinajstić information content (AvgIpc) is 2.57. The molecule has 0 radical (unpaired) electrons. The van der Waals surface area contributed by atoms with E-state index in [2.05, 4.69) is 10.6 Å². The zero-order valence-corrected chi connectivity index (χ0v) is 13.6. The third-order valence-electron chi connectivity index (χ3n) is 3.42. The predicted molar refractivity (Wildman–Crippen MR) is 90.2 cm³/mol. The Morgan fingerprint density at radius 2 is 1.85 bits per heavy atom. The molecule has 0 aliphatic rings. The van der Waals surface area contributed by atoms with Gasteiger partial charge in [-0.15, -0.1) is 0 Å². The summed E-state index contributed by atoms with van der Waals surface area (Å²) in [7, 11) is 0. The predicted octanol–water partition coefficient (Wildman–Crippen LogP) is 4.18. The van der Waals surface area contributed by atoms with E-state index in [0.29, 0.717) is 16.9 Å². The second-order valence-corrected chi connectivity index (χ2v) is 5.34. The van der Waals surface area contributed by atoms with Crippen molar-refractivity contribution >= 4 is 17.3 Å². The first kappa shape index (κ1) is 18.9. The molecule has 2 aromatic rings. The van der Waals surface area contributed by atoms with E-state index in [-0.39, 0.29) is 11.3 Å². The number of alkyl halides is 3. The van der Waals surface area contributed by atoms with Gasteiger partial charge in [-0.2, -0.15) is 18.4 Å². The van der Waals surface area contributed by atoms with Crippen LogP contribution in [0.15, 0.2) is 54.2 Å². The van der Waals surface area contributed by atoms with Crippen molar-refractivity contribution in [2.24, 2.45) is 0 Å². The first-order chi connectivity index (χ1) is 12.2.